The monoisotopic (exact) mass is 398 g/mol. The molecule has 2 atom stereocenters. The molecule has 3 rings (SSSR count). The van der Waals surface area contributed by atoms with Gasteiger partial charge in [0, 0.05) is 13.1 Å². The van der Waals surface area contributed by atoms with E-state index in [-0.39, 0.29) is 23.5 Å². The highest BCUT2D eigenvalue weighted by atomic mass is 32.2. The van der Waals surface area contributed by atoms with Crippen molar-refractivity contribution in [3.8, 4) is 11.4 Å². The molecule has 10 heteroatoms. The van der Waals surface area contributed by atoms with E-state index in [4.69, 9.17) is 0 Å². The average molecular weight is 398 g/mol. The van der Waals surface area contributed by atoms with Gasteiger partial charge in [0.25, 0.3) is 0 Å². The molecule has 140 valence electrons. The number of aromatic amines is 1. The van der Waals surface area contributed by atoms with E-state index in [2.05, 4.69) is 15.2 Å². The fraction of sp³-hybridized carbons (Fsp3) is 0.438. The first-order chi connectivity index (χ1) is 12.3. The van der Waals surface area contributed by atoms with Crippen molar-refractivity contribution in [1.82, 2.24) is 20.1 Å². The summed E-state index contributed by atoms with van der Waals surface area (Å²) in [6, 6.07) is 5.92. The Kier molecular flexibility index (Phi) is 5.33. The lowest BCUT2D eigenvalue weighted by Gasteiger charge is -2.25. The zero-order valence-corrected chi connectivity index (χ0v) is 16.0. The summed E-state index contributed by atoms with van der Waals surface area (Å²) in [7, 11) is -1.44. The molecule has 26 heavy (non-hydrogen) atoms. The minimum absolute atomic E-state index is 0.00468. The molecule has 0 unspecified atom stereocenters. The van der Waals surface area contributed by atoms with Crippen LogP contribution < -0.4 is 0 Å². The van der Waals surface area contributed by atoms with Gasteiger partial charge in [-0.3, -0.25) is 9.89 Å². The van der Waals surface area contributed by atoms with Crippen molar-refractivity contribution in [1.29, 1.82) is 0 Å². The van der Waals surface area contributed by atoms with Crippen molar-refractivity contribution in [3.05, 3.63) is 30.1 Å². The number of halogens is 1. The molecule has 0 aliphatic carbocycles. The van der Waals surface area contributed by atoms with Gasteiger partial charge in [0.15, 0.2) is 15.7 Å². The molecule has 1 fully saturated rings. The third kappa shape index (κ3) is 4.07. The van der Waals surface area contributed by atoms with Gasteiger partial charge in [-0.05, 0) is 25.5 Å². The lowest BCUT2D eigenvalue weighted by Crippen LogP contribution is -2.41. The van der Waals surface area contributed by atoms with E-state index in [1.165, 1.54) is 11.0 Å². The molecule has 1 amide bonds. The molecule has 1 aromatic heterocycles. The summed E-state index contributed by atoms with van der Waals surface area (Å²) in [4.78, 5) is 18.3. The van der Waals surface area contributed by atoms with Crippen molar-refractivity contribution in [2.45, 2.75) is 29.8 Å². The largest absolute Gasteiger partial charge is 0.341 e. The van der Waals surface area contributed by atoms with Crippen molar-refractivity contribution in [2.24, 2.45) is 0 Å². The Bertz CT molecular complexity index is 916. The van der Waals surface area contributed by atoms with Crippen LogP contribution in [0.3, 0.4) is 0 Å². The number of rotatable bonds is 5. The van der Waals surface area contributed by atoms with Crippen LogP contribution >= 0.6 is 11.8 Å². The number of nitrogens with zero attached hydrogens (tertiary/aromatic N) is 3. The maximum absolute atomic E-state index is 13.8. The van der Waals surface area contributed by atoms with Gasteiger partial charge >= 0.3 is 0 Å². The number of H-pyrrole nitrogens is 1. The lowest BCUT2D eigenvalue weighted by molar-refractivity contribution is -0.130. The molecular formula is C16H19FN4O3S2. The molecule has 2 heterocycles. The van der Waals surface area contributed by atoms with Gasteiger partial charge in [-0.15, -0.1) is 5.10 Å². The first kappa shape index (κ1) is 18.8. The molecule has 0 radical (unpaired) electrons. The van der Waals surface area contributed by atoms with Crippen molar-refractivity contribution in [2.75, 3.05) is 18.6 Å². The number of aromatic nitrogens is 3. The number of nitrogens with one attached hydrogen (secondary N) is 1. The third-order valence-corrected chi connectivity index (χ3v) is 7.03. The Morgan fingerprint density at radius 1 is 1.42 bits per heavy atom. The molecule has 1 aliphatic rings. The lowest BCUT2D eigenvalue weighted by atomic mass is 10.2. The van der Waals surface area contributed by atoms with Crippen LogP contribution in [0.4, 0.5) is 4.39 Å². The van der Waals surface area contributed by atoms with Gasteiger partial charge in [0.2, 0.25) is 11.1 Å². The van der Waals surface area contributed by atoms with Crippen molar-refractivity contribution < 1.29 is 17.6 Å². The summed E-state index contributed by atoms with van der Waals surface area (Å²) in [6.07, 6.45) is 0.458. The van der Waals surface area contributed by atoms with Gasteiger partial charge in [0.1, 0.15) is 5.82 Å². The van der Waals surface area contributed by atoms with Gasteiger partial charge in [0.05, 0.1) is 22.3 Å². The first-order valence-electron chi connectivity index (χ1n) is 8.08. The van der Waals surface area contributed by atoms with Crippen LogP contribution in [-0.2, 0) is 14.6 Å². The smallest absolute Gasteiger partial charge is 0.235 e. The normalized spacial score (nSPS) is 20.0. The maximum atomic E-state index is 13.8. The summed E-state index contributed by atoms with van der Waals surface area (Å²) in [5.74, 6) is -0.185. The Labute approximate surface area is 155 Å². The number of hydrogen-bond acceptors (Lipinski definition) is 6. The van der Waals surface area contributed by atoms with E-state index in [0.717, 1.165) is 11.8 Å². The van der Waals surface area contributed by atoms with E-state index in [1.807, 2.05) is 0 Å². The summed E-state index contributed by atoms with van der Waals surface area (Å²) in [6.45, 7) is 1.71. The van der Waals surface area contributed by atoms with E-state index >= 15 is 0 Å². The van der Waals surface area contributed by atoms with Crippen LogP contribution in [0.5, 0.6) is 0 Å². The van der Waals surface area contributed by atoms with E-state index in [0.29, 0.717) is 23.0 Å². The SMILES string of the molecule is C[C@@H](Sc1n[nH]c(-c2ccccc2F)n1)C(=O)N(C)[C@H]1CCS(=O)(=O)C1. The number of benzene rings is 1. The van der Waals surface area contributed by atoms with E-state index < -0.39 is 20.9 Å². The van der Waals surface area contributed by atoms with Crippen molar-refractivity contribution >= 4 is 27.5 Å². The molecule has 1 N–H and O–H groups in total. The second-order valence-corrected chi connectivity index (χ2v) is 9.75. The fourth-order valence-corrected chi connectivity index (χ4v) is 5.43. The highest BCUT2D eigenvalue weighted by molar-refractivity contribution is 8.00. The molecule has 2 aromatic rings. The van der Waals surface area contributed by atoms with Crippen LogP contribution in [0, 0.1) is 5.82 Å². The topological polar surface area (TPSA) is 96.0 Å². The minimum atomic E-state index is -3.06. The van der Waals surface area contributed by atoms with Gasteiger partial charge < -0.3 is 4.90 Å². The first-order valence-corrected chi connectivity index (χ1v) is 10.8. The zero-order chi connectivity index (χ0) is 18.9. The summed E-state index contributed by atoms with van der Waals surface area (Å²) in [5.41, 5.74) is 0.305. The van der Waals surface area contributed by atoms with E-state index in [1.54, 1.807) is 32.2 Å². The Hall–Kier alpha value is -1.94. The van der Waals surface area contributed by atoms with Gasteiger partial charge in [-0.2, -0.15) is 0 Å². The maximum Gasteiger partial charge on any atom is 0.235 e. The van der Waals surface area contributed by atoms with Crippen LogP contribution in [-0.4, -0.2) is 64.3 Å². The molecule has 1 aromatic carbocycles. The Morgan fingerprint density at radius 2 is 2.15 bits per heavy atom. The summed E-state index contributed by atoms with van der Waals surface area (Å²) >= 11 is 1.14. The predicted octanol–water partition coefficient (Wildman–Crippen LogP) is 1.74. The second kappa shape index (κ2) is 7.36. The number of hydrogen-bond donors (Lipinski definition) is 1. The van der Waals surface area contributed by atoms with Gasteiger partial charge in [-0.1, -0.05) is 23.9 Å². The standard InChI is InChI=1S/C16H19FN4O3S2/c1-10(15(22)21(2)11-7-8-26(23,24)9-11)25-16-18-14(19-20-16)12-5-3-4-6-13(12)17/h3-6,10-11H,7-9H2,1-2H3,(H,18,19,20)/t10-,11+/m1/s1. The average Bonchev–Trinajstić information content (AvgIpc) is 3.20. The van der Waals surface area contributed by atoms with Crippen LogP contribution in [0.1, 0.15) is 13.3 Å². The van der Waals surface area contributed by atoms with E-state index in [9.17, 15) is 17.6 Å². The van der Waals surface area contributed by atoms with Crippen molar-refractivity contribution in [3.63, 3.8) is 0 Å². The molecule has 1 aliphatic heterocycles. The third-order valence-electron chi connectivity index (χ3n) is 4.33. The predicted molar refractivity (Wildman–Crippen MR) is 96.9 cm³/mol. The number of carbonyl (C=O) groups excluding carboxylic acids is 1. The minimum Gasteiger partial charge on any atom is -0.341 e. The Balaban J connectivity index is 1.66. The number of thioether (sulfide) groups is 1. The molecule has 7 nitrogen and oxygen atoms in total. The second-order valence-electron chi connectivity index (χ2n) is 6.21. The number of carbonyl (C=O) groups is 1. The van der Waals surface area contributed by atoms with Crippen LogP contribution in [0.15, 0.2) is 29.4 Å². The van der Waals surface area contributed by atoms with Crippen LogP contribution in [0.25, 0.3) is 11.4 Å². The highest BCUT2D eigenvalue weighted by Crippen LogP contribution is 2.26. The molecule has 1 saturated heterocycles. The zero-order valence-electron chi connectivity index (χ0n) is 14.3. The molecular weight excluding hydrogens is 379 g/mol. The number of amides is 1. The van der Waals surface area contributed by atoms with Gasteiger partial charge in [-0.25, -0.2) is 17.8 Å². The quantitative estimate of drug-likeness (QED) is 0.771. The molecule has 0 saturated carbocycles. The Morgan fingerprint density at radius 3 is 2.81 bits per heavy atom. The summed E-state index contributed by atoms with van der Waals surface area (Å²) in [5, 5.41) is 6.54. The molecule has 0 spiro atoms. The number of sulfone groups is 1. The molecule has 0 bridgehead atoms. The fourth-order valence-electron chi connectivity index (χ4n) is 2.83. The van der Waals surface area contributed by atoms with Crippen LogP contribution in [0.2, 0.25) is 0 Å². The highest BCUT2D eigenvalue weighted by Gasteiger charge is 2.34. The summed E-state index contributed by atoms with van der Waals surface area (Å²) < 4.78 is 37.0.